The van der Waals surface area contributed by atoms with Crippen molar-refractivity contribution in [1.29, 1.82) is 0 Å². The number of hydrogen-bond donors (Lipinski definition) is 2. The van der Waals surface area contributed by atoms with Crippen molar-refractivity contribution in [2.24, 2.45) is 0 Å². The molecule has 4 aromatic rings. The van der Waals surface area contributed by atoms with Crippen LogP contribution in [0.2, 0.25) is 0 Å². The summed E-state index contributed by atoms with van der Waals surface area (Å²) in [6.45, 7) is 0. The van der Waals surface area contributed by atoms with E-state index in [0.717, 1.165) is 5.56 Å². The summed E-state index contributed by atoms with van der Waals surface area (Å²) >= 11 is 1.17. The van der Waals surface area contributed by atoms with Gasteiger partial charge in [-0.25, -0.2) is 9.07 Å². The molecule has 0 aliphatic rings. The smallest absolute Gasteiger partial charge is 0.242 e. The molecule has 7 nitrogen and oxygen atoms in total. The number of nitrogens with zero attached hydrogens (tertiary/aromatic N) is 3. The lowest BCUT2D eigenvalue weighted by Crippen LogP contribution is -2.20. The summed E-state index contributed by atoms with van der Waals surface area (Å²) < 4.78 is 19.9. The van der Waals surface area contributed by atoms with Crippen molar-refractivity contribution < 1.29 is 13.9 Å². The van der Waals surface area contributed by atoms with E-state index in [2.05, 4.69) is 15.5 Å². The Morgan fingerprint density at radius 1 is 1.03 bits per heavy atom. The molecule has 4 rings (SSSR count). The average molecular weight is 450 g/mol. The van der Waals surface area contributed by atoms with E-state index in [1.54, 1.807) is 13.2 Å². The topological polar surface area (TPSA) is 95.1 Å². The predicted molar refractivity (Wildman–Crippen MR) is 122 cm³/mol. The Morgan fingerprint density at radius 3 is 2.44 bits per heavy atom. The molecule has 0 radical (unpaired) electrons. The highest BCUT2D eigenvalue weighted by molar-refractivity contribution is 8.00. The van der Waals surface area contributed by atoms with Crippen LogP contribution in [-0.4, -0.2) is 27.9 Å². The molecule has 0 aliphatic heterocycles. The van der Waals surface area contributed by atoms with E-state index in [1.165, 1.54) is 40.7 Å². The van der Waals surface area contributed by atoms with Crippen molar-refractivity contribution in [3.63, 3.8) is 0 Å². The molecule has 1 unspecified atom stereocenters. The van der Waals surface area contributed by atoms with Gasteiger partial charge in [0, 0.05) is 5.69 Å². The van der Waals surface area contributed by atoms with Gasteiger partial charge in [-0.1, -0.05) is 54.2 Å². The lowest BCUT2D eigenvalue weighted by atomic mass is 10.1. The van der Waals surface area contributed by atoms with Crippen LogP contribution >= 0.6 is 11.8 Å². The van der Waals surface area contributed by atoms with Gasteiger partial charge in [-0.2, -0.15) is 0 Å². The number of methoxy groups -OCH3 is 1. The number of nitrogens with two attached hydrogens (primary N) is 1. The maximum atomic E-state index is 13.2. The maximum Gasteiger partial charge on any atom is 0.242 e. The standard InChI is InChI=1S/C23H20FN5O2S/c1-31-19-10-6-5-9-18(19)21-27-28-23(29(21)25)32-20(15-7-3-2-4-8-15)22(30)26-17-13-11-16(24)12-14-17/h2-14,20H,25H2,1H3,(H,26,30). The molecule has 0 saturated carbocycles. The van der Waals surface area contributed by atoms with E-state index in [9.17, 15) is 9.18 Å². The number of para-hydroxylation sites is 1. The van der Waals surface area contributed by atoms with Crippen molar-refractivity contribution in [3.8, 4) is 17.1 Å². The lowest BCUT2D eigenvalue weighted by Gasteiger charge is -2.16. The van der Waals surface area contributed by atoms with Gasteiger partial charge in [-0.3, -0.25) is 4.79 Å². The minimum atomic E-state index is -0.668. The number of halogens is 1. The maximum absolute atomic E-state index is 13.2. The molecule has 3 N–H and O–H groups in total. The first-order valence-corrected chi connectivity index (χ1v) is 10.6. The third-order valence-electron chi connectivity index (χ3n) is 4.69. The average Bonchev–Trinajstić information content (AvgIpc) is 3.19. The molecule has 32 heavy (non-hydrogen) atoms. The quantitative estimate of drug-likeness (QED) is 0.323. The molecule has 0 aliphatic carbocycles. The van der Waals surface area contributed by atoms with Gasteiger partial charge in [0.1, 0.15) is 16.8 Å². The van der Waals surface area contributed by atoms with Crippen LogP contribution in [-0.2, 0) is 4.79 Å². The van der Waals surface area contributed by atoms with E-state index >= 15 is 0 Å². The van der Waals surface area contributed by atoms with Gasteiger partial charge in [0.2, 0.25) is 11.1 Å². The highest BCUT2D eigenvalue weighted by Crippen LogP contribution is 2.37. The summed E-state index contributed by atoms with van der Waals surface area (Å²) in [6.07, 6.45) is 0. The largest absolute Gasteiger partial charge is 0.496 e. The van der Waals surface area contributed by atoms with Crippen LogP contribution in [0.4, 0.5) is 10.1 Å². The number of amides is 1. The van der Waals surface area contributed by atoms with Crippen molar-refractivity contribution in [2.45, 2.75) is 10.4 Å². The van der Waals surface area contributed by atoms with E-state index < -0.39 is 5.25 Å². The van der Waals surface area contributed by atoms with Gasteiger partial charge >= 0.3 is 0 Å². The fourth-order valence-electron chi connectivity index (χ4n) is 3.12. The molecule has 1 amide bonds. The van der Waals surface area contributed by atoms with Crippen LogP contribution in [0.5, 0.6) is 5.75 Å². The first-order chi connectivity index (χ1) is 15.6. The van der Waals surface area contributed by atoms with Gasteiger partial charge in [0.05, 0.1) is 12.7 Å². The Hall–Kier alpha value is -3.85. The minimum Gasteiger partial charge on any atom is -0.496 e. The molecule has 9 heteroatoms. The fraction of sp³-hybridized carbons (Fsp3) is 0.0870. The molecule has 0 bridgehead atoms. The normalized spacial score (nSPS) is 11.7. The molecule has 162 valence electrons. The summed E-state index contributed by atoms with van der Waals surface area (Å²) in [4.78, 5) is 13.1. The van der Waals surface area contributed by atoms with E-state index in [0.29, 0.717) is 28.0 Å². The Balaban J connectivity index is 1.64. The van der Waals surface area contributed by atoms with Crippen LogP contribution in [0, 0.1) is 5.82 Å². The molecule has 0 saturated heterocycles. The second-order valence-corrected chi connectivity index (χ2v) is 7.85. The second-order valence-electron chi connectivity index (χ2n) is 6.78. The van der Waals surface area contributed by atoms with Gasteiger partial charge < -0.3 is 15.9 Å². The Labute approximate surface area is 188 Å². The number of carbonyl (C=O) groups excluding carboxylic acids is 1. The highest BCUT2D eigenvalue weighted by atomic mass is 32.2. The van der Waals surface area contributed by atoms with E-state index in [1.807, 2.05) is 48.5 Å². The van der Waals surface area contributed by atoms with E-state index in [-0.39, 0.29) is 11.7 Å². The Bertz CT molecular complexity index is 1210. The zero-order valence-electron chi connectivity index (χ0n) is 17.1. The van der Waals surface area contributed by atoms with Gasteiger partial charge in [0.15, 0.2) is 5.82 Å². The predicted octanol–water partition coefficient (Wildman–Crippen LogP) is 4.28. The number of anilines is 1. The number of benzene rings is 3. The summed E-state index contributed by atoms with van der Waals surface area (Å²) in [6, 6.07) is 22.2. The van der Waals surface area contributed by atoms with Crippen molar-refractivity contribution in [2.75, 3.05) is 18.3 Å². The molecule has 1 heterocycles. The lowest BCUT2D eigenvalue weighted by molar-refractivity contribution is -0.115. The Kier molecular flexibility index (Phi) is 6.37. The van der Waals surface area contributed by atoms with Crippen LogP contribution in [0.3, 0.4) is 0 Å². The first kappa shape index (κ1) is 21.4. The zero-order chi connectivity index (χ0) is 22.5. The second kappa shape index (κ2) is 9.52. The minimum absolute atomic E-state index is 0.297. The summed E-state index contributed by atoms with van der Waals surface area (Å²) in [5.41, 5.74) is 1.93. The molecule has 3 aromatic carbocycles. The first-order valence-electron chi connectivity index (χ1n) is 9.68. The fourth-order valence-corrected chi connectivity index (χ4v) is 4.08. The van der Waals surface area contributed by atoms with E-state index in [4.69, 9.17) is 10.6 Å². The molecular weight excluding hydrogens is 429 g/mol. The van der Waals surface area contributed by atoms with Gasteiger partial charge in [-0.15, -0.1) is 10.2 Å². The molecule has 1 aromatic heterocycles. The molecule has 0 spiro atoms. The summed E-state index contributed by atoms with van der Waals surface area (Å²) in [5.74, 6) is 6.64. The van der Waals surface area contributed by atoms with Crippen LogP contribution < -0.4 is 15.9 Å². The van der Waals surface area contributed by atoms with Crippen molar-refractivity contribution in [3.05, 3.63) is 90.2 Å². The molecule has 0 fully saturated rings. The number of carbonyl (C=O) groups is 1. The number of nitrogen functional groups attached to an aromatic ring is 1. The zero-order valence-corrected chi connectivity index (χ0v) is 17.9. The van der Waals surface area contributed by atoms with Gasteiger partial charge in [0.25, 0.3) is 0 Å². The number of nitrogens with one attached hydrogen (secondary N) is 1. The van der Waals surface area contributed by atoms with Crippen LogP contribution in [0.1, 0.15) is 10.8 Å². The summed E-state index contributed by atoms with van der Waals surface area (Å²) in [7, 11) is 1.57. The number of ether oxygens (including phenoxy) is 1. The van der Waals surface area contributed by atoms with Crippen molar-refractivity contribution >= 4 is 23.4 Å². The van der Waals surface area contributed by atoms with Crippen molar-refractivity contribution in [1.82, 2.24) is 14.9 Å². The summed E-state index contributed by atoms with van der Waals surface area (Å²) in [5, 5.41) is 10.9. The van der Waals surface area contributed by atoms with Crippen LogP contribution in [0.15, 0.2) is 84.0 Å². The van der Waals surface area contributed by atoms with Crippen LogP contribution in [0.25, 0.3) is 11.4 Å². The number of rotatable bonds is 7. The molecule has 1 atom stereocenters. The van der Waals surface area contributed by atoms with Gasteiger partial charge in [-0.05, 0) is 42.0 Å². The third-order valence-corrected chi connectivity index (χ3v) is 5.90. The number of aromatic nitrogens is 3. The third kappa shape index (κ3) is 4.57. The monoisotopic (exact) mass is 449 g/mol. The Morgan fingerprint density at radius 2 is 1.72 bits per heavy atom. The number of hydrogen-bond acceptors (Lipinski definition) is 6. The highest BCUT2D eigenvalue weighted by Gasteiger charge is 2.26. The SMILES string of the molecule is COc1ccccc1-c1nnc(SC(C(=O)Nc2ccc(F)cc2)c2ccccc2)n1N. The molecular formula is C23H20FN5O2S. The number of thioether (sulfide) groups is 1.